The first-order valence-corrected chi connectivity index (χ1v) is 16.1. The predicted octanol–water partition coefficient (Wildman–Crippen LogP) is 8.26. The van der Waals surface area contributed by atoms with Gasteiger partial charge in [0.1, 0.15) is 25.0 Å². The van der Waals surface area contributed by atoms with Gasteiger partial charge in [0.05, 0.1) is 26.4 Å². The summed E-state index contributed by atoms with van der Waals surface area (Å²) in [6.07, 6.45) is 25.7. The second-order valence-electron chi connectivity index (χ2n) is 11.0. The van der Waals surface area contributed by atoms with Crippen LogP contribution in [0.2, 0.25) is 0 Å². The van der Waals surface area contributed by atoms with Crippen molar-refractivity contribution >= 4 is 0 Å². The smallest absolute Gasteiger partial charge is 0.244 e. The van der Waals surface area contributed by atoms with Gasteiger partial charge < -0.3 is 14.2 Å². The molecule has 0 N–H and O–H groups in total. The van der Waals surface area contributed by atoms with Gasteiger partial charge in [-0.3, -0.25) is 0 Å². The van der Waals surface area contributed by atoms with E-state index in [-0.39, 0.29) is 6.10 Å². The number of ether oxygens (including phenoxy) is 3. The van der Waals surface area contributed by atoms with E-state index in [0.717, 1.165) is 26.1 Å². The van der Waals surface area contributed by atoms with Gasteiger partial charge >= 0.3 is 0 Å². The van der Waals surface area contributed by atoms with E-state index in [0.29, 0.717) is 26.4 Å². The number of aromatic nitrogens is 2. The zero-order valence-electron chi connectivity index (χ0n) is 25.6. The highest BCUT2D eigenvalue weighted by Gasteiger charge is 2.10. The minimum Gasteiger partial charge on any atom is -0.379 e. The fraction of sp³-hybridized carbons (Fsp3) is 0.735. The van der Waals surface area contributed by atoms with E-state index >= 15 is 0 Å². The van der Waals surface area contributed by atoms with Gasteiger partial charge in [-0.15, -0.1) is 0 Å². The number of aryl methyl sites for hydroxylation is 1. The first kappa shape index (κ1) is 33.5. The fourth-order valence-electron chi connectivity index (χ4n) is 5.05. The highest BCUT2D eigenvalue weighted by atomic mass is 16.6. The number of nitrogens with zero attached hydrogens (tertiary/aromatic N) is 2. The SMILES string of the molecule is CCCCCCCCCCCCCCCCOCC(COCc1cccc(C[n+]2ccn(CC)c2)c1)OCC. The van der Waals surface area contributed by atoms with Crippen molar-refractivity contribution in [3.8, 4) is 0 Å². The quantitative estimate of drug-likeness (QED) is 0.0885. The van der Waals surface area contributed by atoms with Crippen molar-refractivity contribution in [1.29, 1.82) is 0 Å². The van der Waals surface area contributed by atoms with E-state index in [1.807, 2.05) is 6.92 Å². The maximum absolute atomic E-state index is 6.02. The summed E-state index contributed by atoms with van der Waals surface area (Å²) in [5.41, 5.74) is 2.48. The zero-order valence-corrected chi connectivity index (χ0v) is 25.6. The number of hydrogen-bond acceptors (Lipinski definition) is 3. The minimum atomic E-state index is -0.00538. The number of rotatable bonds is 26. The Balaban J connectivity index is 1.47. The van der Waals surface area contributed by atoms with E-state index in [2.05, 4.69) is 66.0 Å². The van der Waals surface area contributed by atoms with Crippen LogP contribution in [0.15, 0.2) is 43.0 Å². The van der Waals surface area contributed by atoms with Crippen LogP contribution in [0.25, 0.3) is 0 Å². The molecule has 0 amide bonds. The molecule has 1 aromatic carbocycles. The van der Waals surface area contributed by atoms with E-state index in [9.17, 15) is 0 Å². The maximum Gasteiger partial charge on any atom is 0.244 e. The third kappa shape index (κ3) is 16.9. The number of benzene rings is 1. The highest BCUT2D eigenvalue weighted by molar-refractivity contribution is 5.22. The molecule has 2 rings (SSSR count). The Labute approximate surface area is 240 Å². The van der Waals surface area contributed by atoms with Gasteiger partial charge in [0.15, 0.2) is 0 Å². The molecular weight excluding hydrogens is 484 g/mol. The van der Waals surface area contributed by atoms with Crippen LogP contribution in [-0.2, 0) is 33.9 Å². The Bertz CT molecular complexity index is 822. The lowest BCUT2D eigenvalue weighted by atomic mass is 10.0. The lowest BCUT2D eigenvalue weighted by Crippen LogP contribution is -2.31. The van der Waals surface area contributed by atoms with E-state index in [1.54, 1.807) is 0 Å². The van der Waals surface area contributed by atoms with Gasteiger partial charge in [0.25, 0.3) is 0 Å². The van der Waals surface area contributed by atoms with E-state index in [1.165, 1.54) is 94.6 Å². The average Bonchev–Trinajstić information content (AvgIpc) is 3.40. The summed E-state index contributed by atoms with van der Waals surface area (Å²) in [7, 11) is 0. The van der Waals surface area contributed by atoms with Gasteiger partial charge in [-0.1, -0.05) is 109 Å². The Morgan fingerprint density at radius 3 is 1.97 bits per heavy atom. The molecule has 1 aromatic heterocycles. The monoisotopic (exact) mass is 543 g/mol. The molecule has 1 unspecified atom stereocenters. The molecule has 0 aliphatic heterocycles. The third-order valence-corrected chi connectivity index (χ3v) is 7.39. The molecule has 39 heavy (non-hydrogen) atoms. The first-order valence-electron chi connectivity index (χ1n) is 16.1. The molecule has 222 valence electrons. The van der Waals surface area contributed by atoms with Crippen molar-refractivity contribution in [3.05, 3.63) is 54.1 Å². The van der Waals surface area contributed by atoms with Crippen LogP contribution in [0.3, 0.4) is 0 Å². The molecule has 0 aliphatic carbocycles. The van der Waals surface area contributed by atoms with Crippen molar-refractivity contribution in [2.24, 2.45) is 0 Å². The van der Waals surface area contributed by atoms with Crippen LogP contribution in [0, 0.1) is 0 Å². The summed E-state index contributed by atoms with van der Waals surface area (Å²) >= 11 is 0. The maximum atomic E-state index is 6.02. The topological polar surface area (TPSA) is 36.5 Å². The predicted molar refractivity (Wildman–Crippen MR) is 162 cm³/mol. The first-order chi connectivity index (χ1) is 19.2. The van der Waals surface area contributed by atoms with Crippen molar-refractivity contribution in [2.45, 2.75) is 136 Å². The molecule has 0 saturated carbocycles. The van der Waals surface area contributed by atoms with Gasteiger partial charge in [0, 0.05) is 13.2 Å². The molecule has 0 fully saturated rings. The summed E-state index contributed by atoms with van der Waals surface area (Å²) in [6.45, 7) is 11.6. The molecule has 0 bridgehead atoms. The Kier molecular flexibility index (Phi) is 19.8. The molecule has 2 aromatic rings. The summed E-state index contributed by atoms with van der Waals surface area (Å²) < 4.78 is 22.2. The average molecular weight is 544 g/mol. The lowest BCUT2D eigenvalue weighted by Gasteiger charge is -2.17. The van der Waals surface area contributed by atoms with Crippen LogP contribution in [-0.4, -0.2) is 37.1 Å². The Morgan fingerprint density at radius 2 is 1.36 bits per heavy atom. The van der Waals surface area contributed by atoms with Crippen LogP contribution < -0.4 is 4.57 Å². The summed E-state index contributed by atoms with van der Waals surface area (Å²) in [5.74, 6) is 0. The number of imidazole rings is 1. The van der Waals surface area contributed by atoms with Crippen molar-refractivity contribution in [3.63, 3.8) is 0 Å². The minimum absolute atomic E-state index is 0.00538. The summed E-state index contributed by atoms with van der Waals surface area (Å²) in [4.78, 5) is 0. The van der Waals surface area contributed by atoms with Crippen LogP contribution in [0.4, 0.5) is 0 Å². The largest absolute Gasteiger partial charge is 0.379 e. The Hall–Kier alpha value is -1.69. The van der Waals surface area contributed by atoms with Gasteiger partial charge in [-0.25, -0.2) is 9.13 Å². The van der Waals surface area contributed by atoms with Gasteiger partial charge in [0.2, 0.25) is 6.33 Å². The molecule has 0 saturated heterocycles. The molecule has 5 heteroatoms. The van der Waals surface area contributed by atoms with Crippen LogP contribution in [0.5, 0.6) is 0 Å². The number of hydrogen-bond donors (Lipinski definition) is 0. The number of unbranched alkanes of at least 4 members (excludes halogenated alkanes) is 13. The van der Waals surface area contributed by atoms with Crippen LogP contribution >= 0.6 is 0 Å². The molecule has 0 aliphatic rings. The van der Waals surface area contributed by atoms with Crippen LogP contribution in [0.1, 0.15) is 122 Å². The van der Waals surface area contributed by atoms with Crippen molar-refractivity contribution in [1.82, 2.24) is 4.57 Å². The molecule has 5 nitrogen and oxygen atoms in total. The van der Waals surface area contributed by atoms with Gasteiger partial charge in [-0.2, -0.15) is 0 Å². The fourth-order valence-corrected chi connectivity index (χ4v) is 5.05. The zero-order chi connectivity index (χ0) is 27.8. The third-order valence-electron chi connectivity index (χ3n) is 7.39. The molecule has 1 atom stereocenters. The Morgan fingerprint density at radius 1 is 0.744 bits per heavy atom. The molecule has 0 radical (unpaired) electrons. The second-order valence-corrected chi connectivity index (χ2v) is 11.0. The van der Waals surface area contributed by atoms with E-state index in [4.69, 9.17) is 14.2 Å². The normalized spacial score (nSPS) is 12.3. The summed E-state index contributed by atoms with van der Waals surface area (Å²) in [5, 5.41) is 0. The summed E-state index contributed by atoms with van der Waals surface area (Å²) in [6, 6.07) is 8.66. The highest BCUT2D eigenvalue weighted by Crippen LogP contribution is 2.13. The van der Waals surface area contributed by atoms with Crippen molar-refractivity contribution in [2.75, 3.05) is 26.4 Å². The molecular formula is C34H59N2O3+. The van der Waals surface area contributed by atoms with Crippen molar-refractivity contribution < 1.29 is 18.8 Å². The molecule has 0 spiro atoms. The lowest BCUT2D eigenvalue weighted by molar-refractivity contribution is -0.687. The molecule has 1 heterocycles. The second kappa shape index (κ2) is 23.1. The standard InChI is InChI=1S/C34H59N2O3/c1-4-7-8-9-10-11-12-13-14-15-16-17-18-19-25-37-29-34(39-6-3)30-38-28-33-22-20-21-32(26-33)27-36-24-23-35(5-2)31-36/h20-24,26,31,34H,4-19,25,27-30H2,1-3H3/q+1. The van der Waals surface area contributed by atoms with Gasteiger partial charge in [-0.05, 0) is 37.5 Å². The van der Waals surface area contributed by atoms with E-state index < -0.39 is 0 Å².